The Bertz CT molecular complexity index is 4520. The number of aliphatic imine (C=N–C) groups is 1. The molecule has 3 aromatic heterocycles. The van der Waals surface area contributed by atoms with Crippen LogP contribution in [0.15, 0.2) is 234 Å². The summed E-state index contributed by atoms with van der Waals surface area (Å²) in [6.45, 7) is 8.51. The monoisotopic (exact) mass is 968 g/mol. The van der Waals surface area contributed by atoms with Crippen LogP contribution in [0, 0.1) is 63.2 Å². The maximum Gasteiger partial charge on any atom is 0.147 e. The molecule has 0 saturated heterocycles. The molecule has 4 nitrogen and oxygen atoms in total. The standard InChI is InChI=1S/C72H48N4/c1-46-20-31-53(32-21-46)64-60-42-43-61(73-60)65(54-33-22-47(2)23-34-54)69-57(39-28-50-14-8-5-9-15-50)58(40-29-51-16-10-6-11-17-51)70(74-69)67(56-37-26-49(4)27-38-56)71-59(41-30-52-18-12-7-13-19-52)68-66(55-35-24-48(3)25-36-55)63-45-44-62(64)76(63)72(68)75-71/h5-27,31-38,42-45,74H,1-4H3. The third-order valence-corrected chi connectivity index (χ3v) is 14.3. The number of H-pyrrole nitrogens is 1. The van der Waals surface area contributed by atoms with E-state index in [1.165, 1.54) is 11.1 Å². The van der Waals surface area contributed by atoms with Crippen LogP contribution in [0.4, 0.5) is 0 Å². The number of benzene rings is 7. The van der Waals surface area contributed by atoms with Gasteiger partial charge in [0.25, 0.3) is 0 Å². The van der Waals surface area contributed by atoms with E-state index < -0.39 is 0 Å². The predicted octanol–water partition coefficient (Wildman–Crippen LogP) is 13.0. The highest BCUT2D eigenvalue weighted by Crippen LogP contribution is 2.41. The number of fused-ring (bicyclic) bond motifs is 4. The molecular weight excluding hydrogens is 921 g/mol. The first-order valence-electron chi connectivity index (χ1n) is 25.7. The zero-order valence-electron chi connectivity index (χ0n) is 42.5. The van der Waals surface area contributed by atoms with Crippen molar-refractivity contribution in [2.45, 2.75) is 27.7 Å². The maximum absolute atomic E-state index is 5.97. The normalized spacial score (nSPS) is 13.2. The minimum absolute atomic E-state index is 0.738. The van der Waals surface area contributed by atoms with Gasteiger partial charge in [0.2, 0.25) is 0 Å². The quantitative estimate of drug-likeness (QED) is 0.171. The Kier molecular flexibility index (Phi) is 11.4. The first-order chi connectivity index (χ1) is 37.3. The van der Waals surface area contributed by atoms with E-state index in [4.69, 9.17) is 9.98 Å². The summed E-state index contributed by atoms with van der Waals surface area (Å²) in [5, 5.41) is 1.95. The molecule has 0 fully saturated rings. The third kappa shape index (κ3) is 8.24. The van der Waals surface area contributed by atoms with E-state index in [9.17, 15) is 0 Å². The van der Waals surface area contributed by atoms with Crippen LogP contribution >= 0.6 is 0 Å². The molecule has 0 amide bonds. The molecular formula is C72H48N4. The fourth-order valence-electron chi connectivity index (χ4n) is 10.5. The van der Waals surface area contributed by atoms with Crippen molar-refractivity contribution in [1.82, 2.24) is 9.38 Å². The molecule has 13 rings (SSSR count). The SMILES string of the molecule is Cc1ccc(C2=C3C=CC(=N3)C(c3ccc(C)cc3)=c3ccc4c(-c5ccc(C)cc5)c5c(n34)=NC(=C(c3ccc(C)cc3)c3[nH]c2c(C#Cc2ccccc2)c3C#Cc2ccccc2)C=5C#Cc2ccccc2)cc1. The Labute approximate surface area is 442 Å². The largest absolute Gasteiger partial charge is 0.352 e. The number of allylic oxidation sites excluding steroid dienone is 3. The van der Waals surface area contributed by atoms with Crippen LogP contribution in [0.1, 0.15) is 78.1 Å². The predicted molar refractivity (Wildman–Crippen MR) is 311 cm³/mol. The second kappa shape index (κ2) is 19.0. The van der Waals surface area contributed by atoms with E-state index in [0.29, 0.717) is 0 Å². The Balaban J connectivity index is 1.29. The summed E-state index contributed by atoms with van der Waals surface area (Å²) >= 11 is 0. The molecule has 0 unspecified atom stereocenters. The summed E-state index contributed by atoms with van der Waals surface area (Å²) in [4.78, 5) is 15.8. The fraction of sp³-hybridized carbons (Fsp3) is 0.0556. The van der Waals surface area contributed by atoms with Gasteiger partial charge in [0, 0.05) is 44.2 Å². The van der Waals surface area contributed by atoms with E-state index in [-0.39, 0.29) is 0 Å². The number of aryl methyl sites for hydroxylation is 4. The second-order valence-electron chi connectivity index (χ2n) is 19.6. The van der Waals surface area contributed by atoms with Crippen LogP contribution in [0.2, 0.25) is 0 Å². The number of aromatic amines is 1. The van der Waals surface area contributed by atoms with Gasteiger partial charge in [0.15, 0.2) is 0 Å². The highest BCUT2D eigenvalue weighted by Gasteiger charge is 2.32. The molecule has 3 aliphatic rings. The highest BCUT2D eigenvalue weighted by atomic mass is 15.0. The van der Waals surface area contributed by atoms with Crippen molar-refractivity contribution in [3.63, 3.8) is 0 Å². The summed E-state index contributed by atoms with van der Waals surface area (Å²) in [6.07, 6.45) is 4.32. The van der Waals surface area contributed by atoms with Crippen LogP contribution in [-0.4, -0.2) is 15.1 Å². The molecule has 76 heavy (non-hydrogen) atoms. The molecule has 0 saturated carbocycles. The van der Waals surface area contributed by atoms with Gasteiger partial charge in [-0.1, -0.05) is 209 Å². The molecule has 356 valence electrons. The molecule has 6 bridgehead atoms. The van der Waals surface area contributed by atoms with Crippen molar-refractivity contribution < 1.29 is 0 Å². The third-order valence-electron chi connectivity index (χ3n) is 14.3. The number of aromatic nitrogens is 2. The van der Waals surface area contributed by atoms with Crippen molar-refractivity contribution >= 4 is 33.5 Å². The molecule has 6 heterocycles. The minimum Gasteiger partial charge on any atom is -0.352 e. The number of hydrogen-bond acceptors (Lipinski definition) is 2. The van der Waals surface area contributed by atoms with Crippen LogP contribution in [0.25, 0.3) is 38.9 Å². The van der Waals surface area contributed by atoms with Crippen molar-refractivity contribution in [1.29, 1.82) is 0 Å². The van der Waals surface area contributed by atoms with E-state index >= 15 is 0 Å². The molecule has 1 N–H and O–H groups in total. The highest BCUT2D eigenvalue weighted by molar-refractivity contribution is 6.30. The van der Waals surface area contributed by atoms with Crippen LogP contribution < -0.4 is 16.1 Å². The topological polar surface area (TPSA) is 44.9 Å². The first-order valence-corrected chi connectivity index (χ1v) is 25.7. The zero-order valence-corrected chi connectivity index (χ0v) is 42.5. The van der Waals surface area contributed by atoms with Gasteiger partial charge in [-0.05, 0) is 111 Å². The Morgan fingerprint density at radius 2 is 0.842 bits per heavy atom. The van der Waals surface area contributed by atoms with Crippen LogP contribution in [0.5, 0.6) is 0 Å². The smallest absolute Gasteiger partial charge is 0.147 e. The number of nitrogens with one attached hydrogen (secondary N) is 1. The van der Waals surface area contributed by atoms with Gasteiger partial charge in [-0.25, -0.2) is 9.98 Å². The lowest BCUT2D eigenvalue weighted by molar-refractivity contribution is 1.04. The number of nitrogens with zero attached hydrogens (tertiary/aromatic N) is 3. The van der Waals surface area contributed by atoms with E-state index in [0.717, 1.165) is 139 Å². The first kappa shape index (κ1) is 45.7. The molecule has 3 aliphatic heterocycles. The second-order valence-corrected chi connectivity index (χ2v) is 19.6. The van der Waals surface area contributed by atoms with Gasteiger partial charge in [-0.3, -0.25) is 4.40 Å². The molecule has 10 aromatic rings. The van der Waals surface area contributed by atoms with Crippen molar-refractivity contribution in [2.24, 2.45) is 9.98 Å². The lowest BCUT2D eigenvalue weighted by atomic mass is 9.91. The lowest BCUT2D eigenvalue weighted by Crippen LogP contribution is -2.32. The molecule has 0 atom stereocenters. The van der Waals surface area contributed by atoms with E-state index in [2.05, 4.69) is 206 Å². The minimum atomic E-state index is 0.738. The Morgan fingerprint density at radius 3 is 1.36 bits per heavy atom. The molecule has 0 spiro atoms. The summed E-state index contributed by atoms with van der Waals surface area (Å²) < 4.78 is 2.35. The number of hydrogen-bond donors (Lipinski definition) is 1. The fourth-order valence-corrected chi connectivity index (χ4v) is 10.5. The molecule has 0 radical (unpaired) electrons. The van der Waals surface area contributed by atoms with Gasteiger partial charge >= 0.3 is 0 Å². The Morgan fingerprint density at radius 1 is 0.395 bits per heavy atom. The Hall–Kier alpha value is -10.2. The van der Waals surface area contributed by atoms with Gasteiger partial charge in [0.1, 0.15) is 5.49 Å². The zero-order chi connectivity index (χ0) is 51.3. The average Bonchev–Trinajstić information content (AvgIpc) is 4.49. The van der Waals surface area contributed by atoms with Crippen LogP contribution in [-0.2, 0) is 0 Å². The van der Waals surface area contributed by atoms with Gasteiger partial charge < -0.3 is 4.98 Å². The van der Waals surface area contributed by atoms with Gasteiger partial charge in [0.05, 0.1) is 56.1 Å². The average molecular weight is 969 g/mol. The van der Waals surface area contributed by atoms with Crippen LogP contribution in [0.3, 0.4) is 0 Å². The van der Waals surface area contributed by atoms with E-state index in [1.54, 1.807) is 0 Å². The molecule has 4 heteroatoms. The molecule has 7 aromatic carbocycles. The lowest BCUT2D eigenvalue weighted by Gasteiger charge is -2.14. The summed E-state index contributed by atoms with van der Waals surface area (Å²) in [6, 6.07) is 70.1. The van der Waals surface area contributed by atoms with Crippen molar-refractivity contribution in [2.75, 3.05) is 0 Å². The summed E-state index contributed by atoms with van der Waals surface area (Å²) in [5.74, 6) is 22.1. The molecule has 0 aliphatic carbocycles. The van der Waals surface area contributed by atoms with Crippen molar-refractivity contribution in [3.05, 3.63) is 318 Å². The van der Waals surface area contributed by atoms with E-state index in [1.807, 2.05) is 78.9 Å². The summed E-state index contributed by atoms with van der Waals surface area (Å²) in [5.41, 5.74) is 23.3. The van der Waals surface area contributed by atoms with Crippen molar-refractivity contribution in [3.8, 4) is 46.6 Å². The van der Waals surface area contributed by atoms with Gasteiger partial charge in [-0.15, -0.1) is 0 Å². The van der Waals surface area contributed by atoms with Gasteiger partial charge in [-0.2, -0.15) is 0 Å². The number of rotatable bonds is 4. The maximum atomic E-state index is 5.97. The summed E-state index contributed by atoms with van der Waals surface area (Å²) in [7, 11) is 0.